The lowest BCUT2D eigenvalue weighted by molar-refractivity contribution is -0.00142. The van der Waals surface area contributed by atoms with Gasteiger partial charge in [0.05, 0.1) is 16.4 Å². The molecule has 2 aromatic rings. The lowest BCUT2D eigenvalue weighted by Crippen LogP contribution is -2.64. The van der Waals surface area contributed by atoms with Crippen LogP contribution in [0.25, 0.3) is 0 Å². The van der Waals surface area contributed by atoms with Crippen molar-refractivity contribution in [3.63, 3.8) is 0 Å². The topological polar surface area (TPSA) is 88.0 Å². The Morgan fingerprint density at radius 1 is 1.20 bits per heavy atom. The molecule has 1 aliphatic heterocycles. The molecular weight excluding hydrogens is 404 g/mol. The molecule has 0 aromatic carbocycles. The Balaban J connectivity index is 1.69. The largest absolute Gasteiger partial charge is 0.379 e. The minimum atomic E-state index is -0.684. The molecule has 1 aliphatic carbocycles. The van der Waals surface area contributed by atoms with E-state index in [2.05, 4.69) is 26.8 Å². The summed E-state index contributed by atoms with van der Waals surface area (Å²) in [5.74, 6) is 5.26. The van der Waals surface area contributed by atoms with E-state index in [0.29, 0.717) is 16.8 Å². The molecule has 1 fully saturated rings. The molecular formula is C22H19F2N5S. The number of aromatic nitrogens is 2. The second-order valence-electron chi connectivity index (χ2n) is 7.67. The van der Waals surface area contributed by atoms with Crippen LogP contribution in [0.2, 0.25) is 0 Å². The van der Waals surface area contributed by atoms with Gasteiger partial charge in [-0.15, -0.1) is 0 Å². The summed E-state index contributed by atoms with van der Waals surface area (Å²) in [5, 5.41) is 9.11. The van der Waals surface area contributed by atoms with Gasteiger partial charge in [-0.25, -0.2) is 14.4 Å². The van der Waals surface area contributed by atoms with E-state index in [1.807, 2.05) is 19.9 Å². The number of amidine groups is 1. The summed E-state index contributed by atoms with van der Waals surface area (Å²) in [6, 6.07) is 6.26. The van der Waals surface area contributed by atoms with E-state index in [0.717, 1.165) is 0 Å². The zero-order chi connectivity index (χ0) is 21.5. The summed E-state index contributed by atoms with van der Waals surface area (Å²) in [6.45, 7) is 3.50. The molecule has 152 valence electrons. The van der Waals surface area contributed by atoms with Gasteiger partial charge in [-0.3, -0.25) is 4.99 Å². The predicted octanol–water partition coefficient (Wildman–Crippen LogP) is 3.60. The zero-order valence-electron chi connectivity index (χ0n) is 16.4. The van der Waals surface area contributed by atoms with Gasteiger partial charge < -0.3 is 5.73 Å². The van der Waals surface area contributed by atoms with E-state index in [1.165, 1.54) is 24.2 Å². The minimum Gasteiger partial charge on any atom is -0.379 e. The van der Waals surface area contributed by atoms with Gasteiger partial charge in [0.25, 0.3) is 0 Å². The van der Waals surface area contributed by atoms with Crippen molar-refractivity contribution in [1.29, 1.82) is 5.26 Å². The SMILES string of the molecule is C[C@H]1C2C(c3cc(C#Cc4ccc(C#N)cn4)cnc3F)N=C(N)S[C@@]2(CF)[C@H]1C. The summed E-state index contributed by atoms with van der Waals surface area (Å²) < 4.78 is 28.1. The van der Waals surface area contributed by atoms with Gasteiger partial charge in [0.2, 0.25) is 5.95 Å². The van der Waals surface area contributed by atoms with Gasteiger partial charge in [-0.2, -0.15) is 9.65 Å². The van der Waals surface area contributed by atoms with E-state index in [4.69, 9.17) is 11.0 Å². The minimum absolute atomic E-state index is 0.107. The maximum Gasteiger partial charge on any atom is 0.218 e. The Morgan fingerprint density at radius 3 is 2.63 bits per heavy atom. The van der Waals surface area contributed by atoms with Crippen LogP contribution < -0.4 is 5.73 Å². The van der Waals surface area contributed by atoms with Crippen LogP contribution in [0, 0.1) is 46.9 Å². The third-order valence-corrected chi connectivity index (χ3v) is 7.66. The lowest BCUT2D eigenvalue weighted by Gasteiger charge is -2.61. The Kier molecular flexibility index (Phi) is 5.21. The highest BCUT2D eigenvalue weighted by molar-refractivity contribution is 8.15. The monoisotopic (exact) mass is 423 g/mol. The van der Waals surface area contributed by atoms with Gasteiger partial charge in [0.1, 0.15) is 18.4 Å². The molecule has 0 radical (unpaired) electrons. The van der Waals surface area contributed by atoms with Crippen molar-refractivity contribution in [3.05, 3.63) is 58.9 Å². The molecule has 5 nitrogen and oxygen atoms in total. The highest BCUT2D eigenvalue weighted by atomic mass is 32.2. The fourth-order valence-corrected chi connectivity index (χ4v) is 5.94. The number of thioether (sulfide) groups is 1. The second kappa shape index (κ2) is 7.70. The first kappa shape index (κ1) is 20.3. The molecule has 30 heavy (non-hydrogen) atoms. The molecule has 4 rings (SSSR count). The third-order valence-electron chi connectivity index (χ3n) is 6.21. The maximum atomic E-state index is 14.7. The fourth-order valence-electron chi connectivity index (χ4n) is 4.45. The first-order chi connectivity index (χ1) is 14.4. The van der Waals surface area contributed by atoms with Crippen molar-refractivity contribution in [1.82, 2.24) is 9.97 Å². The third kappa shape index (κ3) is 3.22. The second-order valence-corrected chi connectivity index (χ2v) is 9.06. The van der Waals surface area contributed by atoms with Crippen LogP contribution in [0.3, 0.4) is 0 Å². The molecule has 2 aliphatic rings. The summed E-state index contributed by atoms with van der Waals surface area (Å²) >= 11 is 1.27. The number of nitrogens with zero attached hydrogens (tertiary/aromatic N) is 4. The van der Waals surface area contributed by atoms with Crippen LogP contribution in [0.1, 0.15) is 42.3 Å². The smallest absolute Gasteiger partial charge is 0.218 e. The Bertz CT molecular complexity index is 1120. The van der Waals surface area contributed by atoms with Crippen LogP contribution >= 0.6 is 11.8 Å². The van der Waals surface area contributed by atoms with Crippen LogP contribution in [0.15, 0.2) is 35.6 Å². The number of hydrogen-bond acceptors (Lipinski definition) is 6. The van der Waals surface area contributed by atoms with Crippen molar-refractivity contribution in [2.24, 2.45) is 28.5 Å². The number of pyridine rings is 2. The average Bonchev–Trinajstić information content (AvgIpc) is 2.77. The first-order valence-corrected chi connectivity index (χ1v) is 10.3. The number of hydrogen-bond donors (Lipinski definition) is 1. The molecule has 0 saturated heterocycles. The molecule has 2 unspecified atom stereocenters. The van der Waals surface area contributed by atoms with Gasteiger partial charge in [0.15, 0.2) is 5.17 Å². The summed E-state index contributed by atoms with van der Waals surface area (Å²) in [6.07, 6.45) is 2.78. The van der Waals surface area contributed by atoms with Gasteiger partial charge in [0, 0.05) is 29.4 Å². The number of nitrogens with two attached hydrogens (primary N) is 1. The van der Waals surface area contributed by atoms with Crippen molar-refractivity contribution in [2.45, 2.75) is 24.6 Å². The summed E-state index contributed by atoms with van der Waals surface area (Å²) in [5.41, 5.74) is 7.70. The van der Waals surface area contributed by atoms with E-state index >= 15 is 0 Å². The molecule has 0 spiro atoms. The van der Waals surface area contributed by atoms with E-state index in [-0.39, 0.29) is 28.5 Å². The number of fused-ring (bicyclic) bond motifs is 1. The Labute approximate surface area is 177 Å². The quantitative estimate of drug-likeness (QED) is 0.589. The molecule has 0 amide bonds. The maximum absolute atomic E-state index is 14.7. The van der Waals surface area contributed by atoms with Crippen molar-refractivity contribution in [2.75, 3.05) is 6.67 Å². The highest BCUT2D eigenvalue weighted by Gasteiger charge is 2.63. The van der Waals surface area contributed by atoms with Crippen LogP contribution in [-0.2, 0) is 0 Å². The van der Waals surface area contributed by atoms with Crippen LogP contribution in [0.5, 0.6) is 0 Å². The van der Waals surface area contributed by atoms with Crippen LogP contribution in [-0.4, -0.2) is 26.6 Å². The number of aliphatic imine (C=N–C) groups is 1. The number of alkyl halides is 1. The standard InChI is InChI=1S/C22H19F2N5S/c1-12-13(2)22(11-23)18(12)19(29-21(26)30-22)17-7-14(9-28-20(17)24)3-5-16-6-4-15(8-25)10-27-16/h4,6-7,9-10,12-13,18-19H,11H2,1-2H3,(H2,26,29)/t12-,13+,18?,19?,22+/m1/s1. The van der Waals surface area contributed by atoms with Crippen molar-refractivity contribution < 1.29 is 8.78 Å². The molecule has 3 heterocycles. The average molecular weight is 423 g/mol. The van der Waals surface area contributed by atoms with Gasteiger partial charge >= 0.3 is 0 Å². The first-order valence-electron chi connectivity index (χ1n) is 9.51. The Hall–Kier alpha value is -2.97. The molecule has 5 atom stereocenters. The van der Waals surface area contributed by atoms with E-state index in [1.54, 1.807) is 18.2 Å². The zero-order valence-corrected chi connectivity index (χ0v) is 17.3. The van der Waals surface area contributed by atoms with Gasteiger partial charge in [-0.05, 0) is 36.0 Å². The lowest BCUT2D eigenvalue weighted by atomic mass is 9.54. The van der Waals surface area contributed by atoms with Crippen LogP contribution in [0.4, 0.5) is 8.78 Å². The molecule has 2 N–H and O–H groups in total. The fraction of sp³-hybridized carbons (Fsp3) is 0.364. The molecule has 2 aromatic heterocycles. The number of halogens is 2. The van der Waals surface area contributed by atoms with E-state index in [9.17, 15) is 8.78 Å². The molecule has 8 heteroatoms. The predicted molar refractivity (Wildman–Crippen MR) is 112 cm³/mol. The number of rotatable bonds is 2. The molecule has 0 bridgehead atoms. The van der Waals surface area contributed by atoms with Crippen molar-refractivity contribution in [3.8, 4) is 17.9 Å². The Morgan fingerprint density at radius 2 is 1.97 bits per heavy atom. The van der Waals surface area contributed by atoms with Crippen molar-refractivity contribution >= 4 is 16.9 Å². The normalized spacial score (nSPS) is 29.5. The molecule has 1 saturated carbocycles. The summed E-state index contributed by atoms with van der Waals surface area (Å²) in [7, 11) is 0. The van der Waals surface area contributed by atoms with E-state index < -0.39 is 23.4 Å². The summed E-state index contributed by atoms with van der Waals surface area (Å²) in [4.78, 5) is 12.4. The van der Waals surface area contributed by atoms with Gasteiger partial charge in [-0.1, -0.05) is 31.5 Å². The highest BCUT2D eigenvalue weighted by Crippen LogP contribution is 2.64. The number of nitriles is 1.